The van der Waals surface area contributed by atoms with Crippen LogP contribution >= 0.6 is 0 Å². The Bertz CT molecular complexity index is 1070. The number of nitrogens with one attached hydrogen (secondary N) is 1. The van der Waals surface area contributed by atoms with Gasteiger partial charge in [0.2, 0.25) is 0 Å². The number of carbonyl (C=O) groups is 1. The van der Waals surface area contributed by atoms with E-state index in [0.717, 1.165) is 36.4 Å². The Balaban J connectivity index is 2.15. The van der Waals surface area contributed by atoms with Crippen LogP contribution in [0.4, 0.5) is 5.69 Å². The van der Waals surface area contributed by atoms with Gasteiger partial charge in [0, 0.05) is 30.5 Å². The molecule has 0 bridgehead atoms. The van der Waals surface area contributed by atoms with Crippen LogP contribution in [0, 0.1) is 16.0 Å². The molecule has 0 saturated carbocycles. The molecular weight excluding hydrogens is 424 g/mol. The average molecular weight is 451 g/mol. The van der Waals surface area contributed by atoms with Crippen molar-refractivity contribution < 1.29 is 27.6 Å². The monoisotopic (exact) mass is 450 g/mol. The third kappa shape index (κ3) is 6.95. The third-order valence-corrected chi connectivity index (χ3v) is 5.52. The Morgan fingerprint density at radius 2 is 1.87 bits per heavy atom. The number of rotatable bonds is 10. The average Bonchev–Trinajstić information content (AvgIpc) is 2.71. The lowest BCUT2D eigenvalue weighted by Gasteiger charge is -2.13. The smallest absolute Gasteiger partial charge is 0.271 e. The maximum Gasteiger partial charge on any atom is 0.271 e. The summed E-state index contributed by atoms with van der Waals surface area (Å²) in [4.78, 5) is 22.6. The quantitative estimate of drug-likeness (QED) is 0.434. The fourth-order valence-electron chi connectivity index (χ4n) is 2.66. The predicted molar refractivity (Wildman–Crippen MR) is 115 cm³/mol. The van der Waals surface area contributed by atoms with E-state index in [0.29, 0.717) is 24.0 Å². The lowest BCUT2D eigenvalue weighted by Crippen LogP contribution is -2.23. The second-order valence-corrected chi connectivity index (χ2v) is 9.46. The fraction of sp³-hybridized carbons (Fsp3) is 0.381. The highest BCUT2D eigenvalue weighted by Gasteiger charge is 2.19. The number of sulfone groups is 1. The normalized spacial score (nSPS) is 11.3. The number of nitro groups is 1. The summed E-state index contributed by atoms with van der Waals surface area (Å²) in [6.07, 6.45) is 1.82. The molecule has 168 valence electrons. The number of hydrogen-bond acceptors (Lipinski definition) is 7. The van der Waals surface area contributed by atoms with E-state index < -0.39 is 26.4 Å². The molecule has 0 heterocycles. The minimum absolute atomic E-state index is 0.109. The van der Waals surface area contributed by atoms with Crippen molar-refractivity contribution in [3.05, 3.63) is 57.6 Å². The summed E-state index contributed by atoms with van der Waals surface area (Å²) in [5.74, 6) is 0.988. The van der Waals surface area contributed by atoms with Crippen LogP contribution in [0.2, 0.25) is 0 Å². The van der Waals surface area contributed by atoms with Gasteiger partial charge in [-0.1, -0.05) is 19.9 Å². The maximum atomic E-state index is 12.5. The standard InChI is InChI=1S/C21H26N2O7S/c1-14(2)7-8-30-19-6-5-15(9-20(19)29-3)13-22-21(24)16-10-17(23(25)26)12-18(11-16)31(4,27)28/h5-6,9-12,14H,7-8,13H2,1-4H3,(H,22,24). The molecule has 1 N–H and O–H groups in total. The summed E-state index contributed by atoms with van der Waals surface area (Å²) in [6.45, 7) is 4.87. The number of nitro benzene ring substituents is 1. The molecule has 0 fully saturated rings. The molecule has 0 unspecified atom stereocenters. The van der Waals surface area contributed by atoms with Crippen molar-refractivity contribution in [1.82, 2.24) is 5.32 Å². The van der Waals surface area contributed by atoms with Crippen molar-refractivity contribution in [2.75, 3.05) is 20.0 Å². The predicted octanol–water partition coefficient (Wildman–Crippen LogP) is 3.36. The van der Waals surface area contributed by atoms with Crippen molar-refractivity contribution in [3.8, 4) is 11.5 Å². The highest BCUT2D eigenvalue weighted by Crippen LogP contribution is 2.28. The Labute approximate surface area is 181 Å². The van der Waals surface area contributed by atoms with Crippen LogP contribution in [0.5, 0.6) is 11.5 Å². The van der Waals surface area contributed by atoms with Crippen molar-refractivity contribution in [3.63, 3.8) is 0 Å². The fourth-order valence-corrected chi connectivity index (χ4v) is 3.34. The summed E-state index contributed by atoms with van der Waals surface area (Å²) in [5, 5.41) is 13.7. The van der Waals surface area contributed by atoms with Gasteiger partial charge < -0.3 is 14.8 Å². The van der Waals surface area contributed by atoms with E-state index in [1.807, 2.05) is 0 Å². The number of nitrogens with zero attached hydrogens (tertiary/aromatic N) is 1. The van der Waals surface area contributed by atoms with E-state index in [2.05, 4.69) is 19.2 Å². The van der Waals surface area contributed by atoms with Gasteiger partial charge in [-0.25, -0.2) is 8.42 Å². The number of hydrogen-bond donors (Lipinski definition) is 1. The molecular formula is C21H26N2O7S. The summed E-state index contributed by atoms with van der Waals surface area (Å²) in [6, 6.07) is 8.31. The molecule has 10 heteroatoms. The van der Waals surface area contributed by atoms with Gasteiger partial charge in [-0.2, -0.15) is 0 Å². The van der Waals surface area contributed by atoms with Gasteiger partial charge >= 0.3 is 0 Å². The van der Waals surface area contributed by atoms with E-state index in [9.17, 15) is 23.3 Å². The van der Waals surface area contributed by atoms with Crippen LogP contribution in [0.15, 0.2) is 41.3 Å². The first-order chi connectivity index (χ1) is 14.5. The van der Waals surface area contributed by atoms with E-state index in [4.69, 9.17) is 9.47 Å². The summed E-state index contributed by atoms with van der Waals surface area (Å²) < 4.78 is 34.7. The summed E-state index contributed by atoms with van der Waals surface area (Å²) in [7, 11) is -2.21. The van der Waals surface area contributed by atoms with Gasteiger partial charge in [-0.05, 0) is 36.1 Å². The molecule has 0 spiro atoms. The molecule has 2 rings (SSSR count). The van der Waals surface area contributed by atoms with Crippen LogP contribution in [0.1, 0.15) is 36.2 Å². The molecule has 9 nitrogen and oxygen atoms in total. The number of ether oxygens (including phenoxy) is 2. The lowest BCUT2D eigenvalue weighted by molar-refractivity contribution is -0.385. The van der Waals surface area contributed by atoms with E-state index in [-0.39, 0.29) is 17.0 Å². The van der Waals surface area contributed by atoms with Gasteiger partial charge in [0.15, 0.2) is 21.3 Å². The first-order valence-corrected chi connectivity index (χ1v) is 11.5. The van der Waals surface area contributed by atoms with E-state index in [1.54, 1.807) is 18.2 Å². The highest BCUT2D eigenvalue weighted by molar-refractivity contribution is 7.90. The highest BCUT2D eigenvalue weighted by atomic mass is 32.2. The molecule has 0 aliphatic rings. The zero-order chi connectivity index (χ0) is 23.2. The second-order valence-electron chi connectivity index (χ2n) is 7.44. The molecule has 0 atom stereocenters. The first-order valence-electron chi connectivity index (χ1n) is 9.58. The Morgan fingerprint density at radius 1 is 1.16 bits per heavy atom. The van der Waals surface area contributed by atoms with Crippen LogP contribution in [0.25, 0.3) is 0 Å². The number of amides is 1. The lowest BCUT2D eigenvalue weighted by atomic mass is 10.1. The van der Waals surface area contributed by atoms with Crippen molar-refractivity contribution >= 4 is 21.4 Å². The van der Waals surface area contributed by atoms with Crippen LogP contribution in [-0.4, -0.2) is 39.2 Å². The largest absolute Gasteiger partial charge is 0.493 e. The molecule has 2 aromatic rings. The summed E-state index contributed by atoms with van der Waals surface area (Å²) >= 11 is 0. The van der Waals surface area contributed by atoms with Crippen LogP contribution in [-0.2, 0) is 16.4 Å². The SMILES string of the molecule is COc1cc(CNC(=O)c2cc([N+](=O)[O-])cc(S(C)(=O)=O)c2)ccc1OCCC(C)C. The van der Waals surface area contributed by atoms with Gasteiger partial charge in [0.05, 0.1) is 23.5 Å². The minimum atomic E-state index is -3.72. The van der Waals surface area contributed by atoms with Gasteiger partial charge in [0.1, 0.15) is 0 Å². The molecule has 0 aliphatic carbocycles. The van der Waals surface area contributed by atoms with Gasteiger partial charge in [-0.3, -0.25) is 14.9 Å². The summed E-state index contributed by atoms with van der Waals surface area (Å²) in [5.41, 5.74) is 0.128. The van der Waals surface area contributed by atoms with Gasteiger partial charge in [0.25, 0.3) is 11.6 Å². The number of methoxy groups -OCH3 is 1. The molecule has 0 aromatic heterocycles. The van der Waals surface area contributed by atoms with E-state index in [1.165, 1.54) is 7.11 Å². The molecule has 0 radical (unpaired) electrons. The molecule has 1 amide bonds. The number of benzene rings is 2. The molecule has 0 saturated heterocycles. The molecule has 2 aromatic carbocycles. The topological polar surface area (TPSA) is 125 Å². The molecule has 31 heavy (non-hydrogen) atoms. The Morgan fingerprint density at radius 3 is 2.45 bits per heavy atom. The van der Waals surface area contributed by atoms with Crippen molar-refractivity contribution in [1.29, 1.82) is 0 Å². The Kier molecular flexibility index (Phi) is 7.98. The third-order valence-electron chi connectivity index (χ3n) is 4.43. The zero-order valence-corrected chi connectivity index (χ0v) is 18.7. The zero-order valence-electron chi connectivity index (χ0n) is 17.9. The van der Waals surface area contributed by atoms with Crippen LogP contribution in [0.3, 0.4) is 0 Å². The maximum absolute atomic E-state index is 12.5. The minimum Gasteiger partial charge on any atom is -0.493 e. The van der Waals surface area contributed by atoms with Gasteiger partial charge in [-0.15, -0.1) is 0 Å². The second kappa shape index (κ2) is 10.3. The van der Waals surface area contributed by atoms with Crippen LogP contribution < -0.4 is 14.8 Å². The van der Waals surface area contributed by atoms with Crippen molar-refractivity contribution in [2.24, 2.45) is 5.92 Å². The first kappa shape index (κ1) is 24.1. The number of carbonyl (C=O) groups excluding carboxylic acids is 1. The van der Waals surface area contributed by atoms with E-state index >= 15 is 0 Å². The van der Waals surface area contributed by atoms with Crippen molar-refractivity contribution in [2.45, 2.75) is 31.7 Å². The Hall–Kier alpha value is -3.14. The molecule has 0 aliphatic heterocycles. The number of non-ortho nitro benzene ring substituents is 1.